The number of carbonyl (C=O) groups is 2. The van der Waals surface area contributed by atoms with Crippen molar-refractivity contribution in [3.8, 4) is 5.75 Å². The Labute approximate surface area is 174 Å². The Morgan fingerprint density at radius 2 is 1.79 bits per heavy atom. The summed E-state index contributed by atoms with van der Waals surface area (Å²) in [5, 5.41) is 3.10. The number of nitrogens with zero attached hydrogens (tertiary/aromatic N) is 2. The Kier molecular flexibility index (Phi) is 6.12. The number of ether oxygens (including phenoxy) is 1. The summed E-state index contributed by atoms with van der Waals surface area (Å²) in [4.78, 5) is 28.8. The van der Waals surface area contributed by atoms with Gasteiger partial charge >= 0.3 is 0 Å². The predicted molar refractivity (Wildman–Crippen MR) is 113 cm³/mol. The lowest BCUT2D eigenvalue weighted by molar-refractivity contribution is -0.124. The third-order valence-electron chi connectivity index (χ3n) is 4.65. The molecule has 152 valence electrons. The van der Waals surface area contributed by atoms with E-state index in [-0.39, 0.29) is 24.3 Å². The molecule has 0 bridgehead atoms. The molecule has 6 nitrogen and oxygen atoms in total. The van der Waals surface area contributed by atoms with Gasteiger partial charge in [0.15, 0.2) is 5.11 Å². The molecule has 0 aliphatic carbocycles. The molecule has 0 aromatic heterocycles. The second-order valence-electron chi connectivity index (χ2n) is 6.93. The molecule has 2 amide bonds. The zero-order chi connectivity index (χ0) is 21.1. The number of halogens is 1. The van der Waals surface area contributed by atoms with E-state index in [4.69, 9.17) is 17.0 Å². The highest BCUT2D eigenvalue weighted by Crippen LogP contribution is 2.29. The summed E-state index contributed by atoms with van der Waals surface area (Å²) >= 11 is 5.51. The molecule has 1 fully saturated rings. The second-order valence-corrected chi connectivity index (χ2v) is 7.30. The number of hydrogen-bond acceptors (Lipinski definition) is 4. The average Bonchev–Trinajstić information content (AvgIpc) is 2.93. The maximum Gasteiger partial charge on any atom is 0.256 e. The lowest BCUT2D eigenvalue weighted by atomic mass is 10.1. The van der Waals surface area contributed by atoms with Gasteiger partial charge in [0.05, 0.1) is 19.2 Å². The summed E-state index contributed by atoms with van der Waals surface area (Å²) in [5.41, 5.74) is 1.08. The number of amides is 2. The van der Waals surface area contributed by atoms with Crippen LogP contribution in [0.5, 0.6) is 5.75 Å². The Hall–Kier alpha value is -3.00. The minimum Gasteiger partial charge on any atom is -0.497 e. The van der Waals surface area contributed by atoms with E-state index in [1.165, 1.54) is 29.2 Å². The van der Waals surface area contributed by atoms with Crippen molar-refractivity contribution in [2.75, 3.05) is 17.3 Å². The lowest BCUT2D eigenvalue weighted by Gasteiger charge is -2.27. The van der Waals surface area contributed by atoms with E-state index in [0.29, 0.717) is 22.2 Å². The Bertz CT molecular complexity index is 916. The Balaban J connectivity index is 1.78. The summed E-state index contributed by atoms with van der Waals surface area (Å²) in [7, 11) is 1.57. The van der Waals surface area contributed by atoms with Crippen LogP contribution in [0.15, 0.2) is 48.5 Å². The molecule has 0 radical (unpaired) electrons. The molecule has 2 aromatic rings. The van der Waals surface area contributed by atoms with Gasteiger partial charge in [-0.05, 0) is 74.6 Å². The first-order valence-corrected chi connectivity index (χ1v) is 9.58. The molecule has 1 heterocycles. The number of benzene rings is 2. The molecule has 0 spiro atoms. The topological polar surface area (TPSA) is 61.9 Å². The van der Waals surface area contributed by atoms with Gasteiger partial charge in [0.2, 0.25) is 5.91 Å². The molecule has 1 aliphatic rings. The van der Waals surface area contributed by atoms with Crippen LogP contribution < -0.4 is 15.0 Å². The fourth-order valence-electron chi connectivity index (χ4n) is 3.27. The van der Waals surface area contributed by atoms with Gasteiger partial charge in [-0.3, -0.25) is 14.5 Å². The fraction of sp³-hybridized carbons (Fsp3) is 0.286. The quantitative estimate of drug-likeness (QED) is 0.731. The molecule has 0 saturated carbocycles. The van der Waals surface area contributed by atoms with E-state index in [1.54, 1.807) is 36.3 Å². The van der Waals surface area contributed by atoms with Crippen LogP contribution in [0.2, 0.25) is 0 Å². The van der Waals surface area contributed by atoms with Gasteiger partial charge in [-0.25, -0.2) is 4.39 Å². The second kappa shape index (κ2) is 8.57. The minimum absolute atomic E-state index is 0.0547. The maximum atomic E-state index is 13.3. The van der Waals surface area contributed by atoms with Gasteiger partial charge in [-0.1, -0.05) is 0 Å². The van der Waals surface area contributed by atoms with Crippen molar-refractivity contribution in [3.05, 3.63) is 54.3 Å². The van der Waals surface area contributed by atoms with Crippen LogP contribution in [0.4, 0.5) is 15.8 Å². The van der Waals surface area contributed by atoms with E-state index < -0.39 is 11.9 Å². The Morgan fingerprint density at radius 3 is 2.34 bits per heavy atom. The van der Waals surface area contributed by atoms with Gasteiger partial charge in [0.25, 0.3) is 5.91 Å². The normalized spacial score (nSPS) is 16.5. The first kappa shape index (κ1) is 20.7. The molecular formula is C21H22FN3O3S. The summed E-state index contributed by atoms with van der Waals surface area (Å²) in [6, 6.07) is 11.6. The highest BCUT2D eigenvalue weighted by Gasteiger charge is 2.45. The van der Waals surface area contributed by atoms with Gasteiger partial charge in [-0.2, -0.15) is 0 Å². The number of nitrogens with one attached hydrogen (secondary N) is 1. The number of thiocarbonyl (C=S) groups is 1. The van der Waals surface area contributed by atoms with E-state index in [2.05, 4.69) is 5.32 Å². The fourth-order valence-corrected chi connectivity index (χ4v) is 3.80. The van der Waals surface area contributed by atoms with Crippen molar-refractivity contribution >= 4 is 40.5 Å². The molecule has 1 N–H and O–H groups in total. The van der Waals surface area contributed by atoms with Crippen LogP contribution in [0.1, 0.15) is 20.3 Å². The van der Waals surface area contributed by atoms with Gasteiger partial charge in [0.1, 0.15) is 17.6 Å². The Morgan fingerprint density at radius 1 is 1.17 bits per heavy atom. The van der Waals surface area contributed by atoms with Gasteiger partial charge < -0.3 is 15.0 Å². The minimum atomic E-state index is -0.731. The summed E-state index contributed by atoms with van der Waals surface area (Å²) in [6.45, 7) is 3.81. The number of methoxy groups -OCH3 is 1. The monoisotopic (exact) mass is 415 g/mol. The van der Waals surface area contributed by atoms with Crippen LogP contribution >= 0.6 is 12.2 Å². The zero-order valence-corrected chi connectivity index (χ0v) is 17.2. The highest BCUT2D eigenvalue weighted by atomic mass is 32.1. The SMILES string of the molecule is COc1ccc(NC(=O)C[C@H]2C(=O)N(c3ccc(F)cc3)C(=S)N2C(C)C)cc1. The van der Waals surface area contributed by atoms with Crippen molar-refractivity contribution in [3.63, 3.8) is 0 Å². The molecule has 3 rings (SSSR count). The highest BCUT2D eigenvalue weighted by molar-refractivity contribution is 7.80. The molecular weight excluding hydrogens is 393 g/mol. The van der Waals surface area contributed by atoms with Crippen molar-refractivity contribution in [2.45, 2.75) is 32.4 Å². The average molecular weight is 415 g/mol. The number of anilines is 2. The molecule has 1 atom stereocenters. The molecule has 0 unspecified atom stereocenters. The van der Waals surface area contributed by atoms with E-state index >= 15 is 0 Å². The van der Waals surface area contributed by atoms with E-state index in [1.807, 2.05) is 13.8 Å². The molecule has 2 aromatic carbocycles. The number of hydrogen-bond donors (Lipinski definition) is 1. The van der Waals surface area contributed by atoms with E-state index in [0.717, 1.165) is 0 Å². The van der Waals surface area contributed by atoms with Crippen LogP contribution in [-0.4, -0.2) is 41.0 Å². The summed E-state index contributed by atoms with van der Waals surface area (Å²) in [5.74, 6) is -0.328. The number of carbonyl (C=O) groups excluding carboxylic acids is 2. The first-order chi connectivity index (χ1) is 13.8. The van der Waals surface area contributed by atoms with Crippen molar-refractivity contribution in [1.82, 2.24) is 4.90 Å². The largest absolute Gasteiger partial charge is 0.497 e. The standard InChI is InChI=1S/C21H22FN3O3S/c1-13(2)24-18(12-19(26)23-15-6-10-17(28-3)11-7-15)20(27)25(21(24)29)16-8-4-14(22)5-9-16/h4-11,13,18H,12H2,1-3H3,(H,23,26)/t18-/m0/s1. The van der Waals surface area contributed by atoms with Crippen LogP contribution in [-0.2, 0) is 9.59 Å². The summed E-state index contributed by atoms with van der Waals surface area (Å²) in [6.07, 6.45) is -0.0547. The van der Waals surface area contributed by atoms with Crippen LogP contribution in [0.25, 0.3) is 0 Å². The van der Waals surface area contributed by atoms with Gasteiger partial charge in [-0.15, -0.1) is 0 Å². The predicted octanol–water partition coefficient (Wildman–Crippen LogP) is 3.57. The maximum absolute atomic E-state index is 13.3. The first-order valence-electron chi connectivity index (χ1n) is 9.17. The van der Waals surface area contributed by atoms with Crippen molar-refractivity contribution < 1.29 is 18.7 Å². The van der Waals surface area contributed by atoms with Crippen LogP contribution in [0.3, 0.4) is 0 Å². The molecule has 1 saturated heterocycles. The van der Waals surface area contributed by atoms with Crippen LogP contribution in [0, 0.1) is 5.82 Å². The molecule has 8 heteroatoms. The summed E-state index contributed by atoms with van der Waals surface area (Å²) < 4.78 is 18.4. The zero-order valence-electron chi connectivity index (χ0n) is 16.4. The lowest BCUT2D eigenvalue weighted by Crippen LogP contribution is -2.42. The third kappa shape index (κ3) is 4.37. The van der Waals surface area contributed by atoms with Gasteiger partial charge in [0, 0.05) is 11.7 Å². The molecule has 29 heavy (non-hydrogen) atoms. The smallest absolute Gasteiger partial charge is 0.256 e. The van der Waals surface area contributed by atoms with Crippen molar-refractivity contribution in [1.29, 1.82) is 0 Å². The third-order valence-corrected chi connectivity index (χ3v) is 5.04. The van der Waals surface area contributed by atoms with E-state index in [9.17, 15) is 14.0 Å². The van der Waals surface area contributed by atoms with Crippen molar-refractivity contribution in [2.24, 2.45) is 0 Å². The molecule has 1 aliphatic heterocycles. The number of rotatable bonds is 6.